The molecule has 0 bridgehead atoms. The van der Waals surface area contributed by atoms with E-state index in [9.17, 15) is 9.59 Å². The van der Waals surface area contributed by atoms with E-state index in [1.165, 1.54) is 14.2 Å². The van der Waals surface area contributed by atoms with Crippen LogP contribution in [0.5, 0.6) is 17.2 Å². The highest BCUT2D eigenvalue weighted by Gasteiger charge is 2.28. The normalized spacial score (nSPS) is 14.1. The second kappa shape index (κ2) is 10.7. The monoisotopic (exact) mass is 426 g/mol. The van der Waals surface area contributed by atoms with E-state index in [2.05, 4.69) is 12.2 Å². The number of amides is 2. The lowest BCUT2D eigenvalue weighted by atomic mass is 10.0. The number of piperidine rings is 1. The number of carbonyl (C=O) groups excluding carboxylic acids is 2. The molecule has 2 amide bonds. The zero-order valence-corrected chi connectivity index (χ0v) is 18.3. The average molecular weight is 427 g/mol. The van der Waals surface area contributed by atoms with E-state index in [1.54, 1.807) is 23.1 Å². The third-order valence-corrected chi connectivity index (χ3v) is 5.50. The number of rotatable bonds is 8. The summed E-state index contributed by atoms with van der Waals surface area (Å²) in [4.78, 5) is 27.2. The van der Waals surface area contributed by atoms with Crippen LogP contribution < -0.4 is 19.5 Å². The van der Waals surface area contributed by atoms with Crippen LogP contribution in [0.25, 0.3) is 0 Å². The van der Waals surface area contributed by atoms with Gasteiger partial charge in [-0.3, -0.25) is 9.59 Å². The molecule has 0 aromatic heterocycles. The molecule has 1 aliphatic rings. The minimum atomic E-state index is -0.151. The molecule has 0 aliphatic carbocycles. The molecule has 0 saturated carbocycles. The van der Waals surface area contributed by atoms with E-state index in [-0.39, 0.29) is 24.5 Å². The van der Waals surface area contributed by atoms with Gasteiger partial charge in [0.15, 0.2) is 6.61 Å². The molecule has 0 spiro atoms. The molecule has 1 saturated heterocycles. The van der Waals surface area contributed by atoms with Crippen molar-refractivity contribution in [2.45, 2.75) is 32.2 Å². The Labute approximate surface area is 183 Å². The van der Waals surface area contributed by atoms with Crippen molar-refractivity contribution in [2.24, 2.45) is 0 Å². The highest BCUT2D eigenvalue weighted by Crippen LogP contribution is 2.30. The Balaban J connectivity index is 1.52. The largest absolute Gasteiger partial charge is 0.496 e. The van der Waals surface area contributed by atoms with Crippen LogP contribution in [-0.4, -0.2) is 56.7 Å². The maximum Gasteiger partial charge on any atom is 0.261 e. The number of para-hydroxylation sites is 1. The van der Waals surface area contributed by atoms with Crippen LogP contribution in [0, 0.1) is 0 Å². The molecule has 1 N–H and O–H groups in total. The van der Waals surface area contributed by atoms with Gasteiger partial charge >= 0.3 is 0 Å². The molecule has 7 nitrogen and oxygen atoms in total. The van der Waals surface area contributed by atoms with Gasteiger partial charge in [-0.15, -0.1) is 0 Å². The number of hydrogen-bond donors (Lipinski definition) is 1. The van der Waals surface area contributed by atoms with Crippen molar-refractivity contribution in [3.63, 3.8) is 0 Å². The molecule has 0 unspecified atom stereocenters. The van der Waals surface area contributed by atoms with Gasteiger partial charge in [-0.25, -0.2) is 0 Å². The number of ether oxygens (including phenoxy) is 3. The number of benzene rings is 2. The standard InChI is InChI=1S/C24H30N2O5/c1-4-17-8-5-6-9-19(17)31-16-22(27)25-18-12-14-26(15-13-18)24(28)23-20(29-2)10-7-11-21(23)30-3/h5-11,18H,4,12-16H2,1-3H3,(H,25,27). The minimum absolute atomic E-state index is 0.0149. The average Bonchev–Trinajstić information content (AvgIpc) is 2.82. The SMILES string of the molecule is CCc1ccccc1OCC(=O)NC1CCN(C(=O)c2c(OC)cccc2OC)CC1. The van der Waals surface area contributed by atoms with Crippen molar-refractivity contribution in [2.75, 3.05) is 33.9 Å². The highest BCUT2D eigenvalue weighted by atomic mass is 16.5. The fourth-order valence-electron chi connectivity index (χ4n) is 3.80. The Morgan fingerprint density at radius 1 is 0.968 bits per heavy atom. The predicted octanol–water partition coefficient (Wildman–Crippen LogP) is 3.07. The molecule has 7 heteroatoms. The summed E-state index contributed by atoms with van der Waals surface area (Å²) in [6, 6.07) is 13.0. The van der Waals surface area contributed by atoms with Gasteiger partial charge in [0.25, 0.3) is 11.8 Å². The molecule has 0 radical (unpaired) electrons. The van der Waals surface area contributed by atoms with Crippen molar-refractivity contribution in [3.05, 3.63) is 53.6 Å². The van der Waals surface area contributed by atoms with Crippen LogP contribution in [0.4, 0.5) is 0 Å². The molecule has 1 fully saturated rings. The molecule has 0 atom stereocenters. The van der Waals surface area contributed by atoms with Gasteiger partial charge in [0.1, 0.15) is 22.8 Å². The summed E-state index contributed by atoms with van der Waals surface area (Å²) >= 11 is 0. The van der Waals surface area contributed by atoms with Gasteiger partial charge in [0.2, 0.25) is 0 Å². The lowest BCUT2D eigenvalue weighted by Gasteiger charge is -2.33. The van der Waals surface area contributed by atoms with Crippen LogP contribution in [-0.2, 0) is 11.2 Å². The zero-order chi connectivity index (χ0) is 22.2. The number of methoxy groups -OCH3 is 2. The van der Waals surface area contributed by atoms with E-state index in [0.717, 1.165) is 17.7 Å². The molecule has 31 heavy (non-hydrogen) atoms. The van der Waals surface area contributed by atoms with Gasteiger partial charge < -0.3 is 24.4 Å². The molecular weight excluding hydrogens is 396 g/mol. The summed E-state index contributed by atoms with van der Waals surface area (Å²) in [5.41, 5.74) is 1.51. The topological polar surface area (TPSA) is 77.1 Å². The fourth-order valence-corrected chi connectivity index (χ4v) is 3.80. The van der Waals surface area contributed by atoms with Crippen molar-refractivity contribution >= 4 is 11.8 Å². The van der Waals surface area contributed by atoms with Crippen molar-refractivity contribution in [1.29, 1.82) is 0 Å². The van der Waals surface area contributed by atoms with Gasteiger partial charge in [0, 0.05) is 19.1 Å². The Morgan fingerprint density at radius 3 is 2.19 bits per heavy atom. The lowest BCUT2D eigenvalue weighted by Crippen LogP contribution is -2.47. The lowest BCUT2D eigenvalue weighted by molar-refractivity contribution is -0.124. The van der Waals surface area contributed by atoms with Gasteiger partial charge in [-0.1, -0.05) is 31.2 Å². The first-order valence-corrected chi connectivity index (χ1v) is 10.6. The molecular formula is C24H30N2O5. The van der Waals surface area contributed by atoms with Crippen LogP contribution in [0.15, 0.2) is 42.5 Å². The summed E-state index contributed by atoms with van der Waals surface area (Å²) < 4.78 is 16.4. The second-order valence-electron chi connectivity index (χ2n) is 7.42. The highest BCUT2D eigenvalue weighted by molar-refractivity contribution is 5.99. The molecule has 1 heterocycles. The number of nitrogens with one attached hydrogen (secondary N) is 1. The second-order valence-corrected chi connectivity index (χ2v) is 7.42. The number of likely N-dealkylation sites (tertiary alicyclic amines) is 1. The quantitative estimate of drug-likeness (QED) is 0.702. The van der Waals surface area contributed by atoms with Gasteiger partial charge in [-0.2, -0.15) is 0 Å². The van der Waals surface area contributed by atoms with E-state index in [0.29, 0.717) is 43.0 Å². The first-order chi connectivity index (χ1) is 15.1. The van der Waals surface area contributed by atoms with Crippen LogP contribution in [0.2, 0.25) is 0 Å². The summed E-state index contributed by atoms with van der Waals surface area (Å²) in [6.07, 6.45) is 2.21. The Hall–Kier alpha value is -3.22. The summed E-state index contributed by atoms with van der Waals surface area (Å²) in [5.74, 6) is 1.44. The van der Waals surface area contributed by atoms with E-state index in [1.807, 2.05) is 24.3 Å². The zero-order valence-electron chi connectivity index (χ0n) is 18.3. The van der Waals surface area contributed by atoms with Crippen molar-refractivity contribution in [1.82, 2.24) is 10.2 Å². The summed E-state index contributed by atoms with van der Waals surface area (Å²) in [5, 5.41) is 3.02. The minimum Gasteiger partial charge on any atom is -0.496 e. The predicted molar refractivity (Wildman–Crippen MR) is 118 cm³/mol. The van der Waals surface area contributed by atoms with Gasteiger partial charge in [0.05, 0.1) is 14.2 Å². The van der Waals surface area contributed by atoms with Crippen LogP contribution in [0.3, 0.4) is 0 Å². The Kier molecular flexibility index (Phi) is 7.76. The third kappa shape index (κ3) is 5.48. The summed E-state index contributed by atoms with van der Waals surface area (Å²) in [7, 11) is 3.07. The van der Waals surface area contributed by atoms with E-state index in [4.69, 9.17) is 14.2 Å². The van der Waals surface area contributed by atoms with Crippen molar-refractivity contribution in [3.8, 4) is 17.2 Å². The maximum absolute atomic E-state index is 13.1. The van der Waals surface area contributed by atoms with Crippen LogP contribution >= 0.6 is 0 Å². The number of carbonyl (C=O) groups is 2. The van der Waals surface area contributed by atoms with E-state index >= 15 is 0 Å². The number of hydrogen-bond acceptors (Lipinski definition) is 5. The fraction of sp³-hybridized carbons (Fsp3) is 0.417. The molecule has 166 valence electrons. The van der Waals surface area contributed by atoms with Crippen LogP contribution in [0.1, 0.15) is 35.7 Å². The Bertz CT molecular complexity index is 884. The summed E-state index contributed by atoms with van der Waals surface area (Å²) in [6.45, 7) is 3.13. The molecule has 1 aliphatic heterocycles. The number of nitrogens with zero attached hydrogens (tertiary/aromatic N) is 1. The van der Waals surface area contributed by atoms with Gasteiger partial charge in [-0.05, 0) is 43.0 Å². The first kappa shape index (κ1) is 22.5. The first-order valence-electron chi connectivity index (χ1n) is 10.6. The molecule has 2 aromatic carbocycles. The third-order valence-electron chi connectivity index (χ3n) is 5.50. The van der Waals surface area contributed by atoms with Crippen molar-refractivity contribution < 1.29 is 23.8 Å². The number of aryl methyl sites for hydroxylation is 1. The maximum atomic E-state index is 13.1. The molecule has 3 rings (SSSR count). The van der Waals surface area contributed by atoms with E-state index < -0.39 is 0 Å². The Morgan fingerprint density at radius 2 is 1.58 bits per heavy atom. The smallest absolute Gasteiger partial charge is 0.261 e. The molecule has 2 aromatic rings.